The minimum atomic E-state index is 0.0982. The van der Waals surface area contributed by atoms with Crippen LogP contribution in [-0.2, 0) is 6.42 Å². The van der Waals surface area contributed by atoms with E-state index in [-0.39, 0.29) is 11.8 Å². The largest absolute Gasteiger partial charge is 0.293 e. The summed E-state index contributed by atoms with van der Waals surface area (Å²) in [4.78, 5) is 17.4. The van der Waals surface area contributed by atoms with E-state index in [2.05, 4.69) is 10.1 Å². The summed E-state index contributed by atoms with van der Waals surface area (Å²) in [5, 5.41) is 5.28. The normalized spacial score (nSPS) is 11.3. The fourth-order valence-electron chi connectivity index (χ4n) is 2.18. The van der Waals surface area contributed by atoms with Gasteiger partial charge in [-0.2, -0.15) is 5.10 Å². The number of fused-ring (bicyclic) bond motifs is 1. The molecule has 0 saturated heterocycles. The molecule has 4 nitrogen and oxygen atoms in total. The van der Waals surface area contributed by atoms with Crippen molar-refractivity contribution in [2.75, 3.05) is 0 Å². The van der Waals surface area contributed by atoms with Crippen LogP contribution in [0.15, 0.2) is 36.7 Å². The fraction of sp³-hybridized carbons (Fsp3) is 0.267. The molecule has 0 amide bonds. The van der Waals surface area contributed by atoms with Gasteiger partial charge in [-0.1, -0.05) is 18.2 Å². The molecule has 2 aromatic heterocycles. The second-order valence-electron chi connectivity index (χ2n) is 4.96. The maximum Gasteiger partial charge on any atom is 0.180 e. The minimum absolute atomic E-state index is 0.0982. The summed E-state index contributed by atoms with van der Waals surface area (Å²) in [7, 11) is 0. The molecule has 0 aliphatic rings. The Balaban J connectivity index is 1.87. The molecule has 0 bridgehead atoms. The Morgan fingerprint density at radius 3 is 2.90 bits per heavy atom. The molecular formula is C15H15N3OS. The van der Waals surface area contributed by atoms with E-state index in [1.165, 1.54) is 17.7 Å². The van der Waals surface area contributed by atoms with E-state index in [0.29, 0.717) is 6.42 Å². The van der Waals surface area contributed by atoms with E-state index in [1.54, 1.807) is 4.68 Å². The van der Waals surface area contributed by atoms with E-state index < -0.39 is 0 Å². The molecule has 102 valence electrons. The Kier molecular flexibility index (Phi) is 3.36. The highest BCUT2D eigenvalue weighted by atomic mass is 32.1. The summed E-state index contributed by atoms with van der Waals surface area (Å²) in [6, 6.07) is 10.2. The van der Waals surface area contributed by atoms with Crippen molar-refractivity contribution in [3.05, 3.63) is 47.4 Å². The molecule has 5 heteroatoms. The summed E-state index contributed by atoms with van der Waals surface area (Å²) in [6.07, 6.45) is 1.80. The zero-order valence-electron chi connectivity index (χ0n) is 11.4. The third-order valence-corrected chi connectivity index (χ3v) is 4.31. The standard InChI is InChI=1S/C15H15N3OS/c1-10(2)18-15(16-9-17-18)8-12(19)14-7-11-5-3-4-6-13(11)20-14/h3-7,9-10H,8H2,1-2H3. The van der Waals surface area contributed by atoms with Crippen molar-refractivity contribution in [3.63, 3.8) is 0 Å². The molecule has 0 aliphatic heterocycles. The van der Waals surface area contributed by atoms with Crippen LogP contribution in [-0.4, -0.2) is 20.5 Å². The number of hydrogen-bond acceptors (Lipinski definition) is 4. The van der Waals surface area contributed by atoms with Gasteiger partial charge in [0.2, 0.25) is 0 Å². The molecule has 0 aliphatic carbocycles. The third-order valence-electron chi connectivity index (χ3n) is 3.16. The van der Waals surface area contributed by atoms with Crippen LogP contribution in [0.3, 0.4) is 0 Å². The second kappa shape index (κ2) is 5.17. The van der Waals surface area contributed by atoms with Crippen molar-refractivity contribution in [2.45, 2.75) is 26.3 Å². The lowest BCUT2D eigenvalue weighted by molar-refractivity contribution is 0.0993. The van der Waals surface area contributed by atoms with E-state index in [9.17, 15) is 4.79 Å². The summed E-state index contributed by atoms with van der Waals surface area (Å²) >= 11 is 1.53. The highest BCUT2D eigenvalue weighted by molar-refractivity contribution is 7.20. The number of thiophene rings is 1. The zero-order valence-corrected chi connectivity index (χ0v) is 12.2. The van der Waals surface area contributed by atoms with E-state index in [4.69, 9.17) is 0 Å². The van der Waals surface area contributed by atoms with Crippen LogP contribution in [0.25, 0.3) is 10.1 Å². The van der Waals surface area contributed by atoms with Crippen LogP contribution in [0.5, 0.6) is 0 Å². The van der Waals surface area contributed by atoms with Crippen LogP contribution in [0, 0.1) is 0 Å². The number of rotatable bonds is 4. The van der Waals surface area contributed by atoms with Gasteiger partial charge in [-0.05, 0) is 31.4 Å². The third kappa shape index (κ3) is 2.36. The number of benzene rings is 1. The predicted octanol–water partition coefficient (Wildman–Crippen LogP) is 3.50. The number of hydrogen-bond donors (Lipinski definition) is 0. The van der Waals surface area contributed by atoms with Gasteiger partial charge >= 0.3 is 0 Å². The average molecular weight is 285 g/mol. The topological polar surface area (TPSA) is 47.8 Å². The Bertz CT molecular complexity index is 724. The molecule has 20 heavy (non-hydrogen) atoms. The Labute approximate surface area is 121 Å². The van der Waals surface area contributed by atoms with Crippen molar-refractivity contribution in [2.24, 2.45) is 0 Å². The van der Waals surface area contributed by atoms with E-state index in [1.807, 2.05) is 44.2 Å². The molecule has 0 N–H and O–H groups in total. The molecular weight excluding hydrogens is 270 g/mol. The van der Waals surface area contributed by atoms with Gasteiger partial charge in [0, 0.05) is 10.7 Å². The van der Waals surface area contributed by atoms with Gasteiger partial charge in [-0.3, -0.25) is 4.79 Å². The van der Waals surface area contributed by atoms with Crippen molar-refractivity contribution in [1.82, 2.24) is 14.8 Å². The highest BCUT2D eigenvalue weighted by Gasteiger charge is 2.15. The second-order valence-corrected chi connectivity index (χ2v) is 6.05. The summed E-state index contributed by atoms with van der Waals surface area (Å²) in [5.74, 6) is 0.823. The SMILES string of the molecule is CC(C)n1ncnc1CC(=O)c1cc2ccccc2s1. The van der Waals surface area contributed by atoms with Gasteiger partial charge in [0.1, 0.15) is 12.2 Å². The maximum atomic E-state index is 12.4. The summed E-state index contributed by atoms with van der Waals surface area (Å²) in [6.45, 7) is 4.06. The first-order valence-electron chi connectivity index (χ1n) is 6.55. The minimum Gasteiger partial charge on any atom is -0.293 e. The lowest BCUT2D eigenvalue weighted by Crippen LogP contribution is -2.12. The van der Waals surface area contributed by atoms with Crippen LogP contribution in [0.2, 0.25) is 0 Å². The molecule has 0 spiro atoms. The average Bonchev–Trinajstić information content (AvgIpc) is 3.03. The van der Waals surface area contributed by atoms with Crippen molar-refractivity contribution in [3.8, 4) is 0 Å². The Hall–Kier alpha value is -2.01. The van der Waals surface area contributed by atoms with Gasteiger partial charge in [0.15, 0.2) is 5.78 Å². The van der Waals surface area contributed by atoms with Crippen molar-refractivity contribution >= 4 is 27.2 Å². The quantitative estimate of drug-likeness (QED) is 0.689. The van der Waals surface area contributed by atoms with Gasteiger partial charge in [0.05, 0.1) is 11.3 Å². The van der Waals surface area contributed by atoms with E-state index in [0.717, 1.165) is 20.8 Å². The number of ketones is 1. The van der Waals surface area contributed by atoms with Crippen LogP contribution < -0.4 is 0 Å². The molecule has 3 rings (SSSR count). The first kappa shape index (κ1) is 13.0. The van der Waals surface area contributed by atoms with Crippen LogP contribution in [0.1, 0.15) is 35.4 Å². The fourth-order valence-corrected chi connectivity index (χ4v) is 3.18. The number of Topliss-reactive ketones (excluding diaryl/α,β-unsaturated/α-hetero) is 1. The lowest BCUT2D eigenvalue weighted by atomic mass is 10.2. The summed E-state index contributed by atoms with van der Waals surface area (Å²) < 4.78 is 2.94. The molecule has 0 atom stereocenters. The number of carbonyl (C=O) groups is 1. The van der Waals surface area contributed by atoms with Crippen molar-refractivity contribution in [1.29, 1.82) is 0 Å². The first-order valence-corrected chi connectivity index (χ1v) is 7.37. The Morgan fingerprint density at radius 2 is 2.15 bits per heavy atom. The Morgan fingerprint density at radius 1 is 1.35 bits per heavy atom. The number of carbonyl (C=O) groups excluding carboxylic acids is 1. The van der Waals surface area contributed by atoms with Crippen LogP contribution >= 0.6 is 11.3 Å². The zero-order chi connectivity index (χ0) is 14.1. The first-order chi connectivity index (χ1) is 9.65. The monoisotopic (exact) mass is 285 g/mol. The molecule has 0 saturated carbocycles. The number of nitrogens with zero attached hydrogens (tertiary/aromatic N) is 3. The van der Waals surface area contributed by atoms with Gasteiger partial charge in [-0.25, -0.2) is 9.67 Å². The molecule has 0 radical (unpaired) electrons. The highest BCUT2D eigenvalue weighted by Crippen LogP contribution is 2.26. The maximum absolute atomic E-state index is 12.4. The molecule has 1 aromatic carbocycles. The van der Waals surface area contributed by atoms with Gasteiger partial charge < -0.3 is 0 Å². The summed E-state index contributed by atoms with van der Waals surface area (Å²) in [5.41, 5.74) is 0. The van der Waals surface area contributed by atoms with Gasteiger partial charge in [-0.15, -0.1) is 11.3 Å². The molecule has 3 aromatic rings. The van der Waals surface area contributed by atoms with Crippen molar-refractivity contribution < 1.29 is 4.79 Å². The van der Waals surface area contributed by atoms with Crippen LogP contribution in [0.4, 0.5) is 0 Å². The smallest absolute Gasteiger partial charge is 0.180 e. The molecule has 0 fully saturated rings. The molecule has 0 unspecified atom stereocenters. The number of aromatic nitrogens is 3. The lowest BCUT2D eigenvalue weighted by Gasteiger charge is -2.08. The van der Waals surface area contributed by atoms with Gasteiger partial charge in [0.25, 0.3) is 0 Å². The molecule has 2 heterocycles. The van der Waals surface area contributed by atoms with E-state index >= 15 is 0 Å². The predicted molar refractivity (Wildman–Crippen MR) is 80.3 cm³/mol.